The minimum Gasteiger partial charge on any atom is -0.467 e. The summed E-state index contributed by atoms with van der Waals surface area (Å²) in [5.41, 5.74) is 6.16. The maximum atomic E-state index is 6.30. The average Bonchev–Trinajstić information content (AvgIpc) is 2.76. The maximum Gasteiger partial charge on any atom is 0.293 e. The monoisotopic (exact) mass is 255 g/mol. The van der Waals surface area contributed by atoms with Crippen molar-refractivity contribution in [3.63, 3.8) is 0 Å². The van der Waals surface area contributed by atoms with E-state index >= 15 is 0 Å². The first kappa shape index (κ1) is 12.8. The summed E-state index contributed by atoms with van der Waals surface area (Å²) in [6, 6.07) is 0. The zero-order valence-electron chi connectivity index (χ0n) is 10.4. The van der Waals surface area contributed by atoms with E-state index in [0.717, 1.165) is 31.5 Å². The summed E-state index contributed by atoms with van der Waals surface area (Å²) < 4.78 is 9.95. The Labute approximate surface area is 107 Å². The Kier molecular flexibility index (Phi) is 4.34. The second-order valence-electron chi connectivity index (χ2n) is 4.94. The van der Waals surface area contributed by atoms with Gasteiger partial charge in [-0.15, -0.1) is 0 Å². The van der Waals surface area contributed by atoms with E-state index in [1.807, 2.05) is 0 Å². The first-order valence-electron chi connectivity index (χ1n) is 6.46. The molecule has 2 N–H and O–H groups in total. The predicted molar refractivity (Wildman–Crippen MR) is 69.4 cm³/mol. The molecule has 1 aromatic rings. The molecule has 96 valence electrons. The topological polar surface area (TPSA) is 61.0 Å². The molecule has 0 saturated heterocycles. The molecule has 1 fully saturated rings. The van der Waals surface area contributed by atoms with Gasteiger partial charge in [-0.25, -0.2) is 0 Å². The molecule has 0 aliphatic heterocycles. The van der Waals surface area contributed by atoms with Crippen molar-refractivity contribution >= 4 is 11.5 Å². The second-order valence-corrected chi connectivity index (χ2v) is 5.65. The lowest BCUT2D eigenvalue weighted by Crippen LogP contribution is -2.47. The van der Waals surface area contributed by atoms with E-state index in [1.54, 1.807) is 0 Å². The van der Waals surface area contributed by atoms with E-state index in [9.17, 15) is 0 Å². The molecule has 1 saturated carbocycles. The van der Waals surface area contributed by atoms with Crippen molar-refractivity contribution in [2.75, 3.05) is 6.61 Å². The third-order valence-corrected chi connectivity index (χ3v) is 3.92. The fraction of sp³-hybridized carbons (Fsp3) is 0.833. The van der Waals surface area contributed by atoms with E-state index in [4.69, 9.17) is 10.5 Å². The molecule has 1 heterocycles. The molecule has 0 aromatic carbocycles. The van der Waals surface area contributed by atoms with Gasteiger partial charge in [0.25, 0.3) is 5.19 Å². The number of nitrogens with two attached hydrogens (primary N) is 1. The third-order valence-electron chi connectivity index (χ3n) is 3.26. The van der Waals surface area contributed by atoms with Crippen LogP contribution >= 0.6 is 11.5 Å². The maximum absolute atomic E-state index is 6.30. The lowest BCUT2D eigenvalue weighted by Gasteiger charge is -2.32. The van der Waals surface area contributed by atoms with Crippen molar-refractivity contribution in [2.45, 2.75) is 57.4 Å². The van der Waals surface area contributed by atoms with Crippen LogP contribution in [0, 0.1) is 0 Å². The molecule has 17 heavy (non-hydrogen) atoms. The summed E-state index contributed by atoms with van der Waals surface area (Å²) >= 11 is 1.34. The summed E-state index contributed by atoms with van der Waals surface area (Å²) in [6.07, 6.45) is 7.86. The molecular weight excluding hydrogens is 234 g/mol. The summed E-state index contributed by atoms with van der Waals surface area (Å²) in [7, 11) is 0. The van der Waals surface area contributed by atoms with E-state index in [2.05, 4.69) is 16.3 Å². The molecule has 1 aliphatic carbocycles. The van der Waals surface area contributed by atoms with Crippen LogP contribution in [-0.4, -0.2) is 21.5 Å². The highest BCUT2D eigenvalue weighted by Crippen LogP contribution is 2.27. The van der Waals surface area contributed by atoms with E-state index in [1.165, 1.54) is 30.8 Å². The van der Waals surface area contributed by atoms with Crippen molar-refractivity contribution in [1.82, 2.24) is 9.36 Å². The molecule has 0 atom stereocenters. The summed E-state index contributed by atoms with van der Waals surface area (Å²) in [5.74, 6) is 0.891. The Morgan fingerprint density at radius 2 is 2.12 bits per heavy atom. The smallest absolute Gasteiger partial charge is 0.293 e. The highest BCUT2D eigenvalue weighted by molar-refractivity contribution is 7.07. The molecule has 4 nitrogen and oxygen atoms in total. The van der Waals surface area contributed by atoms with Crippen molar-refractivity contribution in [3.8, 4) is 5.19 Å². The number of aromatic nitrogens is 2. The van der Waals surface area contributed by atoms with E-state index in [-0.39, 0.29) is 5.54 Å². The fourth-order valence-electron chi connectivity index (χ4n) is 2.23. The Bertz CT molecular complexity index is 347. The molecule has 0 unspecified atom stereocenters. The van der Waals surface area contributed by atoms with Gasteiger partial charge in [-0.3, -0.25) is 0 Å². The zero-order chi connectivity index (χ0) is 12.1. The van der Waals surface area contributed by atoms with Crippen LogP contribution in [0.25, 0.3) is 0 Å². The highest BCUT2D eigenvalue weighted by atomic mass is 32.1. The van der Waals surface area contributed by atoms with E-state index < -0.39 is 0 Å². The van der Waals surface area contributed by atoms with Crippen LogP contribution in [-0.2, 0) is 6.42 Å². The fourth-order valence-corrected chi connectivity index (χ4v) is 2.80. The van der Waals surface area contributed by atoms with Gasteiger partial charge in [-0.1, -0.05) is 26.2 Å². The normalized spacial score (nSPS) is 19.2. The number of hydrogen-bond acceptors (Lipinski definition) is 5. The van der Waals surface area contributed by atoms with Gasteiger partial charge in [-0.05, 0) is 19.3 Å². The van der Waals surface area contributed by atoms with Crippen LogP contribution in [0.3, 0.4) is 0 Å². The second kappa shape index (κ2) is 5.78. The predicted octanol–water partition coefficient (Wildman–Crippen LogP) is 2.53. The summed E-state index contributed by atoms with van der Waals surface area (Å²) in [5, 5.41) is 0.670. The standard InChI is InChI=1S/C12H21N3OS/c1-2-6-10-14-11(17-15-10)16-9-12(13)7-4-3-5-8-12/h2-9,13H2,1H3. The van der Waals surface area contributed by atoms with Crippen molar-refractivity contribution in [1.29, 1.82) is 0 Å². The first-order valence-corrected chi connectivity index (χ1v) is 7.23. The lowest BCUT2D eigenvalue weighted by atomic mass is 9.83. The molecule has 0 spiro atoms. The Hall–Kier alpha value is -0.680. The minimum atomic E-state index is -0.144. The Balaban J connectivity index is 1.83. The van der Waals surface area contributed by atoms with Crippen LogP contribution in [0.2, 0.25) is 0 Å². The Morgan fingerprint density at radius 1 is 1.35 bits per heavy atom. The van der Waals surface area contributed by atoms with E-state index in [0.29, 0.717) is 11.8 Å². The van der Waals surface area contributed by atoms with Gasteiger partial charge in [0.05, 0.1) is 5.54 Å². The molecule has 1 aromatic heterocycles. The zero-order valence-corrected chi connectivity index (χ0v) is 11.3. The largest absolute Gasteiger partial charge is 0.467 e. The molecule has 5 heteroatoms. The third kappa shape index (κ3) is 3.64. The quantitative estimate of drug-likeness (QED) is 0.878. The van der Waals surface area contributed by atoms with Crippen molar-refractivity contribution < 1.29 is 4.74 Å². The molecule has 2 rings (SSSR count). The molecule has 0 amide bonds. The van der Waals surface area contributed by atoms with Gasteiger partial charge in [0.1, 0.15) is 12.4 Å². The molecule has 1 aliphatic rings. The van der Waals surface area contributed by atoms with Gasteiger partial charge >= 0.3 is 0 Å². The number of rotatable bonds is 5. The van der Waals surface area contributed by atoms with Gasteiger partial charge in [0.15, 0.2) is 0 Å². The van der Waals surface area contributed by atoms with Crippen LogP contribution < -0.4 is 10.5 Å². The van der Waals surface area contributed by atoms with Crippen molar-refractivity contribution in [2.24, 2.45) is 5.73 Å². The van der Waals surface area contributed by atoms with Crippen LogP contribution in [0.1, 0.15) is 51.3 Å². The SMILES string of the molecule is CCCc1nsc(OCC2(N)CCCCC2)n1. The minimum absolute atomic E-state index is 0.144. The number of ether oxygens (including phenoxy) is 1. The van der Waals surface area contributed by atoms with Gasteiger partial charge in [0.2, 0.25) is 0 Å². The van der Waals surface area contributed by atoms with Crippen molar-refractivity contribution in [3.05, 3.63) is 5.82 Å². The summed E-state index contributed by atoms with van der Waals surface area (Å²) in [4.78, 5) is 4.35. The molecule has 0 radical (unpaired) electrons. The first-order chi connectivity index (χ1) is 8.22. The average molecular weight is 255 g/mol. The molecular formula is C12H21N3OS. The van der Waals surface area contributed by atoms with Crippen LogP contribution in [0.4, 0.5) is 0 Å². The summed E-state index contributed by atoms with van der Waals surface area (Å²) in [6.45, 7) is 2.70. The van der Waals surface area contributed by atoms with Gasteiger partial charge in [0, 0.05) is 18.0 Å². The van der Waals surface area contributed by atoms with Crippen LogP contribution in [0.5, 0.6) is 5.19 Å². The Morgan fingerprint density at radius 3 is 2.82 bits per heavy atom. The number of aryl methyl sites for hydroxylation is 1. The van der Waals surface area contributed by atoms with Gasteiger partial charge < -0.3 is 10.5 Å². The highest BCUT2D eigenvalue weighted by Gasteiger charge is 2.28. The lowest BCUT2D eigenvalue weighted by molar-refractivity contribution is 0.173. The number of hydrogen-bond donors (Lipinski definition) is 1. The molecule has 0 bridgehead atoms. The number of nitrogens with zero attached hydrogens (tertiary/aromatic N) is 2. The van der Waals surface area contributed by atoms with Gasteiger partial charge in [-0.2, -0.15) is 9.36 Å². The van der Waals surface area contributed by atoms with Crippen LogP contribution in [0.15, 0.2) is 0 Å².